The molecular formula is C21H43N3O7S3. The Balaban J connectivity index is 4.68. The molecule has 0 aliphatic carbocycles. The molecule has 0 saturated heterocycles. The SMILES string of the molecule is C=C/C(=C\C)N(CCOCCOCCOC)CC(C)(C)SSCCC(C(O)NNC)S(=O)(=O)O. The number of nitrogens with one attached hydrogen (secondary N) is 2. The first-order valence-electron chi connectivity index (χ1n) is 11.1. The fourth-order valence-electron chi connectivity index (χ4n) is 2.93. The second kappa shape index (κ2) is 18.9. The average molecular weight is 546 g/mol. The third kappa shape index (κ3) is 15.6. The Hall–Kier alpha value is -0.350. The first-order chi connectivity index (χ1) is 16.0. The molecule has 0 aromatic heterocycles. The van der Waals surface area contributed by atoms with Crippen LogP contribution in [0.1, 0.15) is 27.2 Å². The van der Waals surface area contributed by atoms with Crippen LogP contribution in [-0.2, 0) is 24.3 Å². The van der Waals surface area contributed by atoms with E-state index in [2.05, 4.69) is 36.2 Å². The van der Waals surface area contributed by atoms with Gasteiger partial charge in [0.2, 0.25) is 0 Å². The van der Waals surface area contributed by atoms with Crippen LogP contribution >= 0.6 is 21.6 Å². The number of nitrogens with zero attached hydrogens (tertiary/aromatic N) is 1. The lowest BCUT2D eigenvalue weighted by molar-refractivity contribution is 0.0211. The number of allylic oxidation sites excluding steroid dienone is 2. The van der Waals surface area contributed by atoms with E-state index in [4.69, 9.17) is 14.2 Å². The summed E-state index contributed by atoms with van der Waals surface area (Å²) in [5, 5.41) is 8.62. The molecule has 0 heterocycles. The van der Waals surface area contributed by atoms with Gasteiger partial charge in [-0.3, -0.25) is 9.98 Å². The quantitative estimate of drug-likeness (QED) is 0.0396. The zero-order chi connectivity index (χ0) is 26.0. The third-order valence-electron chi connectivity index (χ3n) is 4.55. The largest absolute Gasteiger partial charge is 0.382 e. The molecular weight excluding hydrogens is 502 g/mol. The predicted octanol–water partition coefficient (Wildman–Crippen LogP) is 1.91. The van der Waals surface area contributed by atoms with Gasteiger partial charge in [0.25, 0.3) is 10.1 Å². The van der Waals surface area contributed by atoms with Crippen molar-refractivity contribution in [1.82, 2.24) is 15.8 Å². The molecule has 0 radical (unpaired) electrons. The topological polar surface area (TPSA) is 130 Å². The lowest BCUT2D eigenvalue weighted by Crippen LogP contribution is -2.49. The highest BCUT2D eigenvalue weighted by Crippen LogP contribution is 2.37. The minimum absolute atomic E-state index is 0.0964. The van der Waals surface area contributed by atoms with Crippen LogP contribution in [0.25, 0.3) is 0 Å². The molecule has 10 nitrogen and oxygen atoms in total. The molecule has 0 fully saturated rings. The van der Waals surface area contributed by atoms with Crippen molar-refractivity contribution in [3.05, 3.63) is 24.4 Å². The molecule has 0 aromatic rings. The van der Waals surface area contributed by atoms with Gasteiger partial charge in [-0.2, -0.15) is 8.42 Å². The molecule has 0 saturated carbocycles. The predicted molar refractivity (Wildman–Crippen MR) is 141 cm³/mol. The fraction of sp³-hybridized carbons (Fsp3) is 0.810. The van der Waals surface area contributed by atoms with Gasteiger partial charge in [0.05, 0.1) is 33.0 Å². The smallest absolute Gasteiger partial charge is 0.271 e. The summed E-state index contributed by atoms with van der Waals surface area (Å²) in [6.07, 6.45) is 2.50. The average Bonchev–Trinajstić information content (AvgIpc) is 2.75. The second-order valence-corrected chi connectivity index (χ2v) is 12.7. The van der Waals surface area contributed by atoms with Crippen molar-refractivity contribution in [3.8, 4) is 0 Å². The van der Waals surface area contributed by atoms with E-state index in [0.29, 0.717) is 45.3 Å². The number of aliphatic hydroxyl groups is 1. The number of hydrazine groups is 1. The van der Waals surface area contributed by atoms with Crippen LogP contribution in [0.15, 0.2) is 24.4 Å². The van der Waals surface area contributed by atoms with Gasteiger partial charge in [-0.15, -0.1) is 0 Å². The summed E-state index contributed by atoms with van der Waals surface area (Å²) in [5.41, 5.74) is 5.90. The lowest BCUT2D eigenvalue weighted by Gasteiger charge is -2.34. The number of rotatable bonds is 22. The van der Waals surface area contributed by atoms with Gasteiger partial charge in [-0.1, -0.05) is 34.2 Å². The van der Waals surface area contributed by atoms with E-state index in [9.17, 15) is 18.1 Å². The molecule has 0 bridgehead atoms. The molecule has 0 aliphatic rings. The van der Waals surface area contributed by atoms with E-state index in [1.807, 2.05) is 19.1 Å². The Morgan fingerprint density at radius 3 is 2.35 bits per heavy atom. The Bertz CT molecular complexity index is 679. The molecule has 0 rings (SSSR count). The Labute approximate surface area is 213 Å². The van der Waals surface area contributed by atoms with Crippen LogP contribution in [0.4, 0.5) is 0 Å². The maximum absolute atomic E-state index is 11.6. The lowest BCUT2D eigenvalue weighted by atomic mass is 10.1. The van der Waals surface area contributed by atoms with Crippen molar-refractivity contribution in [2.75, 3.05) is 66.0 Å². The molecule has 13 heteroatoms. The highest BCUT2D eigenvalue weighted by Gasteiger charge is 2.31. The third-order valence-corrected chi connectivity index (χ3v) is 9.11. The van der Waals surface area contributed by atoms with Gasteiger partial charge in [-0.05, 0) is 40.3 Å². The van der Waals surface area contributed by atoms with E-state index in [0.717, 1.165) is 12.2 Å². The summed E-state index contributed by atoms with van der Waals surface area (Å²) in [6.45, 7) is 14.2. The van der Waals surface area contributed by atoms with E-state index in [1.165, 1.54) is 17.8 Å². The highest BCUT2D eigenvalue weighted by atomic mass is 33.1. The maximum atomic E-state index is 11.6. The van der Waals surface area contributed by atoms with Crippen molar-refractivity contribution in [2.45, 2.75) is 43.4 Å². The van der Waals surface area contributed by atoms with Crippen LogP contribution < -0.4 is 10.9 Å². The number of methoxy groups -OCH3 is 1. The fourth-order valence-corrected chi connectivity index (χ4v) is 6.50. The van der Waals surface area contributed by atoms with Crippen LogP contribution in [-0.4, -0.2) is 105 Å². The number of ether oxygens (including phenoxy) is 3. The molecule has 4 N–H and O–H groups in total. The van der Waals surface area contributed by atoms with Gasteiger partial charge in [-0.25, -0.2) is 5.43 Å². The van der Waals surface area contributed by atoms with Crippen LogP contribution in [0.5, 0.6) is 0 Å². The second-order valence-electron chi connectivity index (χ2n) is 7.90. The molecule has 202 valence electrons. The summed E-state index contributed by atoms with van der Waals surface area (Å²) in [5.74, 6) is 0.436. The zero-order valence-corrected chi connectivity index (χ0v) is 23.4. The first-order valence-corrected chi connectivity index (χ1v) is 14.9. The molecule has 2 unspecified atom stereocenters. The summed E-state index contributed by atoms with van der Waals surface area (Å²) in [7, 11) is 1.88. The number of hydrogen-bond acceptors (Lipinski definition) is 11. The Morgan fingerprint density at radius 2 is 1.82 bits per heavy atom. The molecule has 2 atom stereocenters. The van der Waals surface area contributed by atoms with Gasteiger partial charge in [0.15, 0.2) is 0 Å². The first kappa shape index (κ1) is 33.7. The number of aliphatic hydroxyl groups excluding tert-OH is 1. The summed E-state index contributed by atoms with van der Waals surface area (Å²) in [6, 6.07) is 0. The molecule has 0 aliphatic heterocycles. The molecule has 34 heavy (non-hydrogen) atoms. The van der Waals surface area contributed by atoms with Crippen LogP contribution in [0.2, 0.25) is 0 Å². The van der Waals surface area contributed by atoms with Crippen LogP contribution in [0, 0.1) is 0 Å². The van der Waals surface area contributed by atoms with Crippen molar-refractivity contribution < 1.29 is 32.3 Å². The van der Waals surface area contributed by atoms with E-state index in [1.54, 1.807) is 17.9 Å². The standard InChI is InChI=1S/C21H43N3O7S3/c1-7-18(8-2)24(10-11-30-14-15-31-13-12-29-6)17-21(3,4)33-32-16-9-19(34(26,27)28)20(25)23-22-5/h7-8,19-20,22-23,25H,1,9-17H2,2-6H3,(H,26,27,28)/b18-8+. The normalized spacial score (nSPS) is 14.7. The number of hydrogen-bond donors (Lipinski definition) is 4. The van der Waals surface area contributed by atoms with Crippen molar-refractivity contribution >= 4 is 31.7 Å². The summed E-state index contributed by atoms with van der Waals surface area (Å²) >= 11 is 0. The van der Waals surface area contributed by atoms with Crippen molar-refractivity contribution in [3.63, 3.8) is 0 Å². The zero-order valence-electron chi connectivity index (χ0n) is 21.0. The van der Waals surface area contributed by atoms with Crippen LogP contribution in [0.3, 0.4) is 0 Å². The molecule has 0 amide bonds. The summed E-state index contributed by atoms with van der Waals surface area (Å²) in [4.78, 5) is 2.20. The van der Waals surface area contributed by atoms with E-state index < -0.39 is 21.6 Å². The molecule has 0 spiro atoms. The van der Waals surface area contributed by atoms with Gasteiger partial charge < -0.3 is 24.2 Å². The van der Waals surface area contributed by atoms with Gasteiger partial charge >= 0.3 is 0 Å². The maximum Gasteiger partial charge on any atom is 0.271 e. The minimum Gasteiger partial charge on any atom is -0.382 e. The summed E-state index contributed by atoms with van der Waals surface area (Å²) < 4.78 is 48.5. The van der Waals surface area contributed by atoms with E-state index in [-0.39, 0.29) is 11.2 Å². The van der Waals surface area contributed by atoms with Gasteiger partial charge in [0, 0.05) is 36.4 Å². The monoisotopic (exact) mass is 545 g/mol. The molecule has 0 aromatic carbocycles. The van der Waals surface area contributed by atoms with Gasteiger partial charge in [0.1, 0.15) is 11.5 Å². The Morgan fingerprint density at radius 1 is 1.21 bits per heavy atom. The van der Waals surface area contributed by atoms with Crippen molar-refractivity contribution in [1.29, 1.82) is 0 Å². The van der Waals surface area contributed by atoms with E-state index >= 15 is 0 Å². The Kier molecular flexibility index (Phi) is 18.7. The van der Waals surface area contributed by atoms with Crippen molar-refractivity contribution in [2.24, 2.45) is 0 Å². The minimum atomic E-state index is -4.39. The highest BCUT2D eigenvalue weighted by molar-refractivity contribution is 8.77.